The van der Waals surface area contributed by atoms with Gasteiger partial charge < -0.3 is 14.2 Å². The van der Waals surface area contributed by atoms with E-state index in [2.05, 4.69) is 10.5 Å². The Morgan fingerprint density at radius 1 is 1.16 bits per heavy atom. The summed E-state index contributed by atoms with van der Waals surface area (Å²) in [4.78, 5) is 11.7. The number of benzene rings is 2. The molecule has 0 atom stereocenters. The number of amides is 1. The van der Waals surface area contributed by atoms with Crippen LogP contribution in [-0.4, -0.2) is 32.4 Å². The molecule has 2 aromatic rings. The van der Waals surface area contributed by atoms with Crippen molar-refractivity contribution in [3.63, 3.8) is 0 Å². The van der Waals surface area contributed by atoms with Gasteiger partial charge in [-0.1, -0.05) is 12.1 Å². The third kappa shape index (κ3) is 5.49. The van der Waals surface area contributed by atoms with E-state index in [-0.39, 0.29) is 12.4 Å². The first-order chi connectivity index (χ1) is 12.1. The summed E-state index contributed by atoms with van der Waals surface area (Å²) >= 11 is 0. The van der Waals surface area contributed by atoms with Gasteiger partial charge in [0.15, 0.2) is 29.7 Å². The molecule has 7 heteroatoms. The molecule has 132 valence electrons. The Kier molecular flexibility index (Phi) is 6.76. The zero-order valence-corrected chi connectivity index (χ0v) is 14.0. The van der Waals surface area contributed by atoms with Crippen LogP contribution in [0.15, 0.2) is 47.6 Å². The van der Waals surface area contributed by atoms with Gasteiger partial charge in [-0.05, 0) is 42.8 Å². The molecule has 0 aliphatic rings. The number of ether oxygens (including phenoxy) is 3. The summed E-state index contributed by atoms with van der Waals surface area (Å²) in [6, 6.07) is 11.1. The predicted molar refractivity (Wildman–Crippen MR) is 91.8 cm³/mol. The predicted octanol–water partition coefficient (Wildman–Crippen LogP) is 2.76. The Bertz CT molecular complexity index is 750. The molecule has 0 radical (unpaired) electrons. The van der Waals surface area contributed by atoms with Crippen molar-refractivity contribution < 1.29 is 23.4 Å². The Morgan fingerprint density at radius 3 is 2.68 bits per heavy atom. The van der Waals surface area contributed by atoms with Crippen molar-refractivity contribution >= 4 is 12.1 Å². The molecular weight excluding hydrogens is 327 g/mol. The van der Waals surface area contributed by atoms with Gasteiger partial charge in [-0.3, -0.25) is 4.79 Å². The van der Waals surface area contributed by atoms with Crippen LogP contribution >= 0.6 is 0 Å². The third-order valence-electron chi connectivity index (χ3n) is 3.09. The molecule has 0 aliphatic carbocycles. The van der Waals surface area contributed by atoms with Crippen LogP contribution in [0.5, 0.6) is 17.2 Å². The van der Waals surface area contributed by atoms with Crippen LogP contribution in [0, 0.1) is 5.82 Å². The van der Waals surface area contributed by atoms with Gasteiger partial charge >= 0.3 is 0 Å². The minimum atomic E-state index is -0.527. The molecule has 0 heterocycles. The lowest BCUT2D eigenvalue weighted by atomic mass is 10.2. The lowest BCUT2D eigenvalue weighted by Crippen LogP contribution is -2.24. The van der Waals surface area contributed by atoms with Gasteiger partial charge in [0.05, 0.1) is 19.9 Å². The molecule has 2 aromatic carbocycles. The Labute approximate surface area is 145 Å². The van der Waals surface area contributed by atoms with E-state index in [1.165, 1.54) is 24.4 Å². The summed E-state index contributed by atoms with van der Waals surface area (Å²) in [5.41, 5.74) is 3.03. The fourth-order valence-electron chi connectivity index (χ4n) is 1.96. The highest BCUT2D eigenvalue weighted by atomic mass is 19.1. The maximum atomic E-state index is 13.4. The van der Waals surface area contributed by atoms with E-state index in [9.17, 15) is 9.18 Å². The van der Waals surface area contributed by atoms with Gasteiger partial charge in [-0.25, -0.2) is 9.82 Å². The zero-order chi connectivity index (χ0) is 18.1. The smallest absolute Gasteiger partial charge is 0.277 e. The topological polar surface area (TPSA) is 69.2 Å². The summed E-state index contributed by atoms with van der Waals surface area (Å²) in [5.74, 6) is 0.182. The molecular formula is C18H19FN2O4. The van der Waals surface area contributed by atoms with Crippen LogP contribution < -0.4 is 19.6 Å². The van der Waals surface area contributed by atoms with Crippen molar-refractivity contribution in [2.75, 3.05) is 20.3 Å². The van der Waals surface area contributed by atoms with Crippen molar-refractivity contribution in [2.45, 2.75) is 6.92 Å². The van der Waals surface area contributed by atoms with Crippen molar-refractivity contribution in [1.29, 1.82) is 0 Å². The van der Waals surface area contributed by atoms with Crippen molar-refractivity contribution in [3.05, 3.63) is 53.8 Å². The van der Waals surface area contributed by atoms with E-state index in [1.54, 1.807) is 31.4 Å². The van der Waals surface area contributed by atoms with Crippen molar-refractivity contribution in [2.24, 2.45) is 5.10 Å². The molecule has 0 unspecified atom stereocenters. The first kappa shape index (κ1) is 18.3. The number of para-hydroxylation sites is 1. The summed E-state index contributed by atoms with van der Waals surface area (Å²) in [7, 11) is 1.56. The highest BCUT2D eigenvalue weighted by molar-refractivity contribution is 5.83. The van der Waals surface area contributed by atoms with Gasteiger partial charge in [0.25, 0.3) is 5.91 Å². The van der Waals surface area contributed by atoms with E-state index >= 15 is 0 Å². The van der Waals surface area contributed by atoms with Crippen LogP contribution in [0.1, 0.15) is 12.5 Å². The quantitative estimate of drug-likeness (QED) is 0.589. The van der Waals surface area contributed by atoms with Crippen LogP contribution in [0.25, 0.3) is 0 Å². The highest BCUT2D eigenvalue weighted by Gasteiger charge is 2.06. The zero-order valence-electron chi connectivity index (χ0n) is 14.0. The molecule has 0 aromatic heterocycles. The summed E-state index contributed by atoms with van der Waals surface area (Å²) in [6.07, 6.45) is 1.46. The lowest BCUT2D eigenvalue weighted by Gasteiger charge is -2.09. The average molecular weight is 346 g/mol. The molecule has 25 heavy (non-hydrogen) atoms. The Balaban J connectivity index is 1.88. The van der Waals surface area contributed by atoms with Crippen LogP contribution in [0.2, 0.25) is 0 Å². The molecule has 6 nitrogen and oxygen atoms in total. The first-order valence-corrected chi connectivity index (χ1v) is 7.64. The number of hydrogen-bond acceptors (Lipinski definition) is 5. The number of rotatable bonds is 8. The normalized spacial score (nSPS) is 10.5. The first-order valence-electron chi connectivity index (χ1n) is 7.64. The second-order valence-electron chi connectivity index (χ2n) is 4.86. The number of carbonyl (C=O) groups excluding carboxylic acids is 1. The largest absolute Gasteiger partial charge is 0.493 e. The molecule has 2 rings (SSSR count). The van der Waals surface area contributed by atoms with E-state index in [4.69, 9.17) is 14.2 Å². The summed E-state index contributed by atoms with van der Waals surface area (Å²) in [6.45, 7) is 2.03. The van der Waals surface area contributed by atoms with Gasteiger partial charge in [-0.2, -0.15) is 5.10 Å². The number of halogens is 1. The number of nitrogens with one attached hydrogen (secondary N) is 1. The average Bonchev–Trinajstić information content (AvgIpc) is 2.61. The maximum absolute atomic E-state index is 13.4. The number of hydrogen-bond donors (Lipinski definition) is 1. The number of hydrazone groups is 1. The molecule has 1 N–H and O–H groups in total. The fourth-order valence-corrected chi connectivity index (χ4v) is 1.96. The van der Waals surface area contributed by atoms with E-state index in [0.29, 0.717) is 18.1 Å². The molecule has 0 saturated heterocycles. The number of carbonyl (C=O) groups is 1. The van der Waals surface area contributed by atoms with E-state index in [0.717, 1.165) is 5.56 Å². The van der Waals surface area contributed by atoms with Gasteiger partial charge in [0.2, 0.25) is 0 Å². The molecule has 0 spiro atoms. The van der Waals surface area contributed by atoms with E-state index < -0.39 is 11.7 Å². The Morgan fingerprint density at radius 2 is 1.96 bits per heavy atom. The van der Waals surface area contributed by atoms with E-state index in [1.807, 2.05) is 6.92 Å². The lowest BCUT2D eigenvalue weighted by molar-refractivity contribution is -0.123. The minimum Gasteiger partial charge on any atom is -0.493 e. The van der Waals surface area contributed by atoms with Crippen molar-refractivity contribution in [1.82, 2.24) is 5.43 Å². The van der Waals surface area contributed by atoms with Crippen molar-refractivity contribution in [3.8, 4) is 17.2 Å². The second-order valence-corrected chi connectivity index (χ2v) is 4.86. The summed E-state index contributed by atoms with van der Waals surface area (Å²) in [5, 5.41) is 3.84. The van der Waals surface area contributed by atoms with Gasteiger partial charge in [0.1, 0.15) is 0 Å². The van der Waals surface area contributed by atoms with Gasteiger partial charge in [0, 0.05) is 0 Å². The third-order valence-corrected chi connectivity index (χ3v) is 3.09. The monoisotopic (exact) mass is 346 g/mol. The second kappa shape index (κ2) is 9.27. The van der Waals surface area contributed by atoms with Crippen LogP contribution in [-0.2, 0) is 4.79 Å². The molecule has 0 saturated carbocycles. The van der Waals surface area contributed by atoms with Gasteiger partial charge in [-0.15, -0.1) is 0 Å². The standard InChI is InChI=1S/C18H19FN2O4/c1-3-24-17-10-13(8-9-16(17)23-2)11-20-21-18(22)12-25-15-7-5-4-6-14(15)19/h4-11H,3,12H2,1-2H3,(H,21,22)/b20-11+. The number of methoxy groups -OCH3 is 1. The maximum Gasteiger partial charge on any atom is 0.277 e. The van der Waals surface area contributed by atoms with Crippen LogP contribution in [0.3, 0.4) is 0 Å². The van der Waals surface area contributed by atoms with Crippen LogP contribution in [0.4, 0.5) is 4.39 Å². The fraction of sp³-hybridized carbons (Fsp3) is 0.222. The molecule has 1 amide bonds. The molecule has 0 fully saturated rings. The summed E-state index contributed by atoms with van der Waals surface area (Å²) < 4.78 is 29.1. The Hall–Kier alpha value is -3.09. The molecule has 0 bridgehead atoms. The number of nitrogens with zero attached hydrogens (tertiary/aromatic N) is 1. The SMILES string of the molecule is CCOc1cc(/C=N/NC(=O)COc2ccccc2F)ccc1OC. The molecule has 0 aliphatic heterocycles. The highest BCUT2D eigenvalue weighted by Crippen LogP contribution is 2.27. The minimum absolute atomic E-state index is 0.0122.